The molecule has 0 saturated heterocycles. The Bertz CT molecular complexity index is 579. The Morgan fingerprint density at radius 1 is 1.29 bits per heavy atom. The number of aryl methyl sites for hydroxylation is 1. The molecule has 0 radical (unpaired) electrons. The molecule has 2 unspecified atom stereocenters. The number of carbonyl (C=O) groups is 1. The molecule has 1 saturated carbocycles. The molecule has 1 aromatic rings. The van der Waals surface area contributed by atoms with Gasteiger partial charge < -0.3 is 15.4 Å². The molecule has 24 heavy (non-hydrogen) atoms. The quantitative estimate of drug-likeness (QED) is 0.736. The zero-order valence-corrected chi connectivity index (χ0v) is 16.1. The molecule has 1 aromatic heterocycles. The van der Waals surface area contributed by atoms with Gasteiger partial charge in [0.15, 0.2) is 5.15 Å². The van der Waals surface area contributed by atoms with E-state index in [1.54, 1.807) is 6.07 Å². The second kappa shape index (κ2) is 7.79. The van der Waals surface area contributed by atoms with Crippen LogP contribution in [-0.2, 0) is 4.74 Å². The molecule has 2 rings (SSSR count). The van der Waals surface area contributed by atoms with Gasteiger partial charge in [0.05, 0.1) is 5.69 Å². The fourth-order valence-electron chi connectivity index (χ4n) is 2.90. The minimum Gasteiger partial charge on any atom is -0.444 e. The van der Waals surface area contributed by atoms with Crippen molar-refractivity contribution in [3.63, 3.8) is 0 Å². The third-order valence-corrected chi connectivity index (χ3v) is 4.35. The van der Waals surface area contributed by atoms with Gasteiger partial charge in [-0.3, -0.25) is 0 Å². The summed E-state index contributed by atoms with van der Waals surface area (Å²) in [4.78, 5) is 16.0. The average Bonchev–Trinajstić information content (AvgIpc) is 2.41. The van der Waals surface area contributed by atoms with Gasteiger partial charge in [-0.05, 0) is 65.0 Å². The molecule has 0 aliphatic heterocycles. The van der Waals surface area contributed by atoms with Gasteiger partial charge >= 0.3 is 6.09 Å². The first-order valence-electron chi connectivity index (χ1n) is 8.23. The fraction of sp³-hybridized carbons (Fsp3) is 0.647. The van der Waals surface area contributed by atoms with Gasteiger partial charge in [0.2, 0.25) is 0 Å². The van der Waals surface area contributed by atoms with Crippen LogP contribution in [0.25, 0.3) is 0 Å². The van der Waals surface area contributed by atoms with E-state index < -0.39 is 5.60 Å². The van der Waals surface area contributed by atoms with E-state index in [0.717, 1.165) is 36.9 Å². The first-order valence-corrected chi connectivity index (χ1v) is 8.98. The predicted molar refractivity (Wildman–Crippen MR) is 98.0 cm³/mol. The first-order chi connectivity index (χ1) is 11.1. The number of carbonyl (C=O) groups excluding carboxylic acids is 1. The van der Waals surface area contributed by atoms with Crippen LogP contribution >= 0.6 is 23.2 Å². The Labute approximate surface area is 153 Å². The summed E-state index contributed by atoms with van der Waals surface area (Å²) in [6, 6.07) is 2.10. The molecular weight excluding hydrogens is 349 g/mol. The molecule has 1 aliphatic carbocycles. The third-order valence-electron chi connectivity index (χ3n) is 3.88. The van der Waals surface area contributed by atoms with Crippen molar-refractivity contribution in [2.24, 2.45) is 0 Å². The van der Waals surface area contributed by atoms with Crippen molar-refractivity contribution in [2.75, 3.05) is 5.32 Å². The van der Waals surface area contributed by atoms with Crippen LogP contribution in [0.3, 0.4) is 0 Å². The molecule has 1 heterocycles. The lowest BCUT2D eigenvalue weighted by molar-refractivity contribution is 0.0492. The van der Waals surface area contributed by atoms with Crippen LogP contribution in [-0.4, -0.2) is 28.8 Å². The third kappa shape index (κ3) is 5.71. The van der Waals surface area contributed by atoms with Crippen molar-refractivity contribution in [2.45, 2.75) is 71.1 Å². The van der Waals surface area contributed by atoms with Crippen molar-refractivity contribution >= 4 is 35.0 Å². The van der Waals surface area contributed by atoms with Crippen molar-refractivity contribution in [3.05, 3.63) is 21.9 Å². The molecule has 1 aliphatic rings. The van der Waals surface area contributed by atoms with Crippen molar-refractivity contribution in [1.82, 2.24) is 10.3 Å². The van der Waals surface area contributed by atoms with Crippen molar-refractivity contribution in [3.8, 4) is 0 Å². The SMILES string of the molecule is Cc1cc(Cl)nc(Cl)c1NC1CCCC(NC(=O)OC(C)(C)C)C1. The summed E-state index contributed by atoms with van der Waals surface area (Å²) in [5.41, 5.74) is 1.28. The van der Waals surface area contributed by atoms with E-state index in [2.05, 4.69) is 15.6 Å². The van der Waals surface area contributed by atoms with Crippen molar-refractivity contribution in [1.29, 1.82) is 0 Å². The van der Waals surface area contributed by atoms with Crippen LogP contribution in [0.1, 0.15) is 52.0 Å². The van der Waals surface area contributed by atoms with Crippen LogP contribution in [0.4, 0.5) is 10.5 Å². The summed E-state index contributed by atoms with van der Waals surface area (Å²) in [7, 11) is 0. The van der Waals surface area contributed by atoms with E-state index in [9.17, 15) is 4.79 Å². The Morgan fingerprint density at radius 3 is 2.58 bits per heavy atom. The summed E-state index contributed by atoms with van der Waals surface area (Å²) in [5, 5.41) is 7.17. The smallest absolute Gasteiger partial charge is 0.407 e. The number of hydrogen-bond donors (Lipinski definition) is 2. The molecular formula is C17H25Cl2N3O2. The summed E-state index contributed by atoms with van der Waals surface area (Å²) in [6.45, 7) is 7.52. The van der Waals surface area contributed by atoms with Crippen LogP contribution < -0.4 is 10.6 Å². The van der Waals surface area contributed by atoms with Gasteiger partial charge in [-0.2, -0.15) is 0 Å². The second-order valence-electron chi connectivity index (χ2n) is 7.28. The maximum atomic E-state index is 11.9. The molecule has 2 N–H and O–H groups in total. The Kier molecular flexibility index (Phi) is 6.21. The van der Waals surface area contributed by atoms with Gasteiger partial charge in [0.1, 0.15) is 10.8 Å². The Morgan fingerprint density at radius 2 is 1.96 bits per heavy atom. The number of anilines is 1. The first kappa shape index (κ1) is 19.1. The number of alkyl carbamates (subject to hydrolysis) is 1. The molecule has 134 valence electrons. The lowest BCUT2D eigenvalue weighted by Crippen LogP contribution is -2.44. The molecule has 1 fully saturated rings. The van der Waals surface area contributed by atoms with Crippen LogP contribution in [0.15, 0.2) is 6.07 Å². The molecule has 1 amide bonds. The van der Waals surface area contributed by atoms with E-state index in [1.807, 2.05) is 27.7 Å². The topological polar surface area (TPSA) is 63.2 Å². The monoisotopic (exact) mass is 373 g/mol. The molecule has 0 aromatic carbocycles. The maximum absolute atomic E-state index is 11.9. The van der Waals surface area contributed by atoms with E-state index in [4.69, 9.17) is 27.9 Å². The number of ether oxygens (including phenoxy) is 1. The number of hydrogen-bond acceptors (Lipinski definition) is 4. The summed E-state index contributed by atoms with van der Waals surface area (Å²) in [6.07, 6.45) is 3.44. The average molecular weight is 374 g/mol. The van der Waals surface area contributed by atoms with Crippen LogP contribution in [0.5, 0.6) is 0 Å². The minimum atomic E-state index is -0.490. The lowest BCUT2D eigenvalue weighted by atomic mass is 9.91. The zero-order chi connectivity index (χ0) is 17.9. The normalized spacial score (nSPS) is 21.2. The molecule has 0 bridgehead atoms. The highest BCUT2D eigenvalue weighted by atomic mass is 35.5. The van der Waals surface area contributed by atoms with Crippen LogP contribution in [0.2, 0.25) is 10.3 Å². The fourth-order valence-corrected chi connectivity index (χ4v) is 3.49. The number of nitrogens with zero attached hydrogens (tertiary/aromatic N) is 1. The van der Waals surface area contributed by atoms with E-state index in [-0.39, 0.29) is 18.2 Å². The number of amides is 1. The zero-order valence-electron chi connectivity index (χ0n) is 14.6. The maximum Gasteiger partial charge on any atom is 0.407 e. The second-order valence-corrected chi connectivity index (χ2v) is 8.02. The summed E-state index contributed by atoms with van der Waals surface area (Å²) < 4.78 is 5.33. The Balaban J connectivity index is 1.95. The number of pyridine rings is 1. The van der Waals surface area contributed by atoms with E-state index in [0.29, 0.717) is 10.3 Å². The molecule has 0 spiro atoms. The highest BCUT2D eigenvalue weighted by molar-refractivity contribution is 6.34. The van der Waals surface area contributed by atoms with Gasteiger partial charge in [-0.25, -0.2) is 9.78 Å². The highest BCUT2D eigenvalue weighted by Crippen LogP contribution is 2.30. The number of nitrogens with one attached hydrogen (secondary N) is 2. The van der Waals surface area contributed by atoms with E-state index in [1.165, 1.54) is 0 Å². The highest BCUT2D eigenvalue weighted by Gasteiger charge is 2.26. The predicted octanol–water partition coefficient (Wildman–Crippen LogP) is 4.94. The summed E-state index contributed by atoms with van der Waals surface area (Å²) in [5.74, 6) is 0. The molecule has 5 nitrogen and oxygen atoms in total. The summed E-state index contributed by atoms with van der Waals surface area (Å²) >= 11 is 12.1. The van der Waals surface area contributed by atoms with E-state index >= 15 is 0 Å². The number of rotatable bonds is 3. The molecule has 7 heteroatoms. The number of aromatic nitrogens is 1. The standard InChI is InChI=1S/C17H25Cl2N3O2/c1-10-8-13(18)22-15(19)14(10)20-11-6-5-7-12(9-11)21-16(23)24-17(2,3)4/h8,11-12,20H,5-7,9H2,1-4H3,(H,21,23). The van der Waals surface area contributed by atoms with Gasteiger partial charge in [-0.1, -0.05) is 23.2 Å². The lowest BCUT2D eigenvalue weighted by Gasteiger charge is -2.32. The van der Waals surface area contributed by atoms with Crippen molar-refractivity contribution < 1.29 is 9.53 Å². The van der Waals surface area contributed by atoms with Gasteiger partial charge in [-0.15, -0.1) is 0 Å². The minimum absolute atomic E-state index is 0.0884. The molecule has 2 atom stereocenters. The van der Waals surface area contributed by atoms with Gasteiger partial charge in [0, 0.05) is 12.1 Å². The Hall–Kier alpha value is -1.20. The van der Waals surface area contributed by atoms with Gasteiger partial charge in [0.25, 0.3) is 0 Å². The largest absolute Gasteiger partial charge is 0.444 e. The number of halogens is 2. The van der Waals surface area contributed by atoms with Crippen LogP contribution in [0, 0.1) is 6.92 Å².